The number of carbonyl (C=O) groups is 3. The van der Waals surface area contributed by atoms with Crippen molar-refractivity contribution in [3.8, 4) is 0 Å². The minimum atomic E-state index is -0.471. The van der Waals surface area contributed by atoms with Crippen LogP contribution in [0.5, 0.6) is 0 Å². The predicted molar refractivity (Wildman–Crippen MR) is 112 cm³/mol. The maximum absolute atomic E-state index is 12.5. The lowest BCUT2D eigenvalue weighted by molar-refractivity contribution is -0.127. The maximum Gasteiger partial charge on any atom is 0.294 e. The average Bonchev–Trinajstić information content (AvgIpc) is 2.84. The van der Waals surface area contributed by atoms with Crippen molar-refractivity contribution in [3.05, 3.63) is 67.6 Å². The molecule has 2 aromatic carbocycles. The van der Waals surface area contributed by atoms with Gasteiger partial charge in [-0.1, -0.05) is 35.9 Å². The molecule has 1 saturated heterocycles. The molecule has 0 aliphatic carbocycles. The molecule has 1 N–H and O–H groups in total. The summed E-state index contributed by atoms with van der Waals surface area (Å²) in [5.74, 6) is -0.939. The topological polar surface area (TPSA) is 66.5 Å². The summed E-state index contributed by atoms with van der Waals surface area (Å²) >= 11 is 8.86. The van der Waals surface area contributed by atoms with Gasteiger partial charge in [-0.15, -0.1) is 0 Å². The standard InChI is InChI=1S/C18H12ClIN2O3S/c19-12-5-3-6-13(9-12)21-16(23)10-22-17(24)15(26-18(22)25)8-11-4-1-2-7-14(11)20/h1-9H,10H2,(H,21,23)/b15-8-. The van der Waals surface area contributed by atoms with Crippen molar-refractivity contribution in [1.82, 2.24) is 4.90 Å². The van der Waals surface area contributed by atoms with Gasteiger partial charge in [0.1, 0.15) is 6.54 Å². The first kappa shape index (κ1) is 18.9. The Morgan fingerprint density at radius 3 is 2.69 bits per heavy atom. The van der Waals surface area contributed by atoms with E-state index >= 15 is 0 Å². The molecule has 132 valence electrons. The molecule has 1 fully saturated rings. The molecule has 0 spiro atoms. The van der Waals surface area contributed by atoms with Crippen molar-refractivity contribution >= 4 is 74.8 Å². The van der Waals surface area contributed by atoms with Crippen LogP contribution in [0, 0.1) is 3.57 Å². The zero-order valence-electron chi connectivity index (χ0n) is 13.2. The summed E-state index contributed by atoms with van der Waals surface area (Å²) in [7, 11) is 0. The highest BCUT2D eigenvalue weighted by atomic mass is 127. The van der Waals surface area contributed by atoms with E-state index in [1.807, 2.05) is 24.3 Å². The average molecular weight is 499 g/mol. The highest BCUT2D eigenvalue weighted by Gasteiger charge is 2.36. The van der Waals surface area contributed by atoms with Gasteiger partial charge in [-0.25, -0.2) is 0 Å². The number of thioether (sulfide) groups is 1. The van der Waals surface area contributed by atoms with E-state index < -0.39 is 17.1 Å². The highest BCUT2D eigenvalue weighted by Crippen LogP contribution is 2.32. The van der Waals surface area contributed by atoms with Crippen LogP contribution in [0.3, 0.4) is 0 Å². The lowest BCUT2D eigenvalue weighted by Crippen LogP contribution is -2.36. The first-order chi connectivity index (χ1) is 12.4. The largest absolute Gasteiger partial charge is 0.324 e. The van der Waals surface area contributed by atoms with Crippen LogP contribution < -0.4 is 5.32 Å². The second-order valence-corrected chi connectivity index (χ2v) is 7.94. The Kier molecular flexibility index (Phi) is 6.00. The third-order valence-corrected chi connectivity index (χ3v) is 5.60. The van der Waals surface area contributed by atoms with Crippen molar-refractivity contribution in [2.75, 3.05) is 11.9 Å². The molecule has 0 bridgehead atoms. The quantitative estimate of drug-likeness (QED) is 0.493. The minimum Gasteiger partial charge on any atom is -0.324 e. The zero-order chi connectivity index (χ0) is 18.7. The molecule has 0 atom stereocenters. The molecule has 1 aliphatic heterocycles. The number of hydrogen-bond donors (Lipinski definition) is 1. The van der Waals surface area contributed by atoms with Gasteiger partial charge in [-0.3, -0.25) is 19.3 Å². The summed E-state index contributed by atoms with van der Waals surface area (Å²) in [6.07, 6.45) is 1.67. The Bertz CT molecular complexity index is 932. The van der Waals surface area contributed by atoms with Gasteiger partial charge in [0.15, 0.2) is 0 Å². The Morgan fingerprint density at radius 2 is 1.96 bits per heavy atom. The summed E-state index contributed by atoms with van der Waals surface area (Å²) in [6, 6.07) is 14.2. The second kappa shape index (κ2) is 8.24. The van der Waals surface area contributed by atoms with Crippen LogP contribution in [-0.4, -0.2) is 28.5 Å². The van der Waals surface area contributed by atoms with Crippen LogP contribution in [-0.2, 0) is 9.59 Å². The van der Waals surface area contributed by atoms with Gasteiger partial charge in [-0.2, -0.15) is 0 Å². The SMILES string of the molecule is O=C(CN1C(=O)S/C(=C\c2ccccc2I)C1=O)Nc1cccc(Cl)c1. The maximum atomic E-state index is 12.5. The van der Waals surface area contributed by atoms with E-state index in [0.717, 1.165) is 25.8 Å². The van der Waals surface area contributed by atoms with E-state index in [2.05, 4.69) is 27.9 Å². The second-order valence-electron chi connectivity index (χ2n) is 5.35. The van der Waals surface area contributed by atoms with Crippen molar-refractivity contribution in [1.29, 1.82) is 0 Å². The predicted octanol–water partition coefficient (Wildman–Crippen LogP) is 4.62. The first-order valence-electron chi connectivity index (χ1n) is 7.49. The third kappa shape index (κ3) is 4.46. The number of hydrogen-bond acceptors (Lipinski definition) is 4. The molecule has 26 heavy (non-hydrogen) atoms. The van der Waals surface area contributed by atoms with Gasteiger partial charge < -0.3 is 5.32 Å². The number of nitrogens with zero attached hydrogens (tertiary/aromatic N) is 1. The Balaban J connectivity index is 1.71. The molecule has 5 nitrogen and oxygen atoms in total. The van der Waals surface area contributed by atoms with Crippen molar-refractivity contribution < 1.29 is 14.4 Å². The molecular formula is C18H12ClIN2O3S. The molecule has 1 aliphatic rings. The molecule has 0 unspecified atom stereocenters. The molecule has 0 aromatic heterocycles. The Hall–Kier alpha value is -1.84. The van der Waals surface area contributed by atoms with Gasteiger partial charge in [0.25, 0.3) is 11.1 Å². The lowest BCUT2D eigenvalue weighted by atomic mass is 10.2. The molecule has 3 amide bonds. The van der Waals surface area contributed by atoms with Gasteiger partial charge in [0.05, 0.1) is 4.91 Å². The third-order valence-electron chi connectivity index (χ3n) is 3.48. The molecule has 3 rings (SSSR count). The first-order valence-corrected chi connectivity index (χ1v) is 9.76. The Labute approximate surface area is 172 Å². The number of rotatable bonds is 4. The fourth-order valence-electron chi connectivity index (χ4n) is 2.28. The number of anilines is 1. The van der Waals surface area contributed by atoms with E-state index in [4.69, 9.17) is 11.6 Å². The fourth-order valence-corrected chi connectivity index (χ4v) is 3.84. The molecule has 8 heteroatoms. The number of halogens is 2. The Morgan fingerprint density at radius 1 is 1.19 bits per heavy atom. The number of carbonyl (C=O) groups excluding carboxylic acids is 3. The van der Waals surface area contributed by atoms with Crippen molar-refractivity contribution in [2.45, 2.75) is 0 Å². The van der Waals surface area contributed by atoms with Crippen molar-refractivity contribution in [2.24, 2.45) is 0 Å². The molecular weight excluding hydrogens is 487 g/mol. The summed E-state index contributed by atoms with van der Waals surface area (Å²) in [5.41, 5.74) is 1.35. The number of amides is 3. The van der Waals surface area contributed by atoms with Crippen LogP contribution >= 0.6 is 46.0 Å². The van der Waals surface area contributed by atoms with E-state index in [-0.39, 0.29) is 6.54 Å². The van der Waals surface area contributed by atoms with E-state index in [1.54, 1.807) is 30.3 Å². The van der Waals surface area contributed by atoms with Crippen LogP contribution in [0.15, 0.2) is 53.4 Å². The van der Waals surface area contributed by atoms with Gasteiger partial charge in [-0.05, 0) is 70.3 Å². The van der Waals surface area contributed by atoms with Gasteiger partial charge in [0, 0.05) is 14.3 Å². The van der Waals surface area contributed by atoms with Gasteiger partial charge in [0.2, 0.25) is 5.91 Å². The van der Waals surface area contributed by atoms with Gasteiger partial charge >= 0.3 is 0 Å². The summed E-state index contributed by atoms with van der Waals surface area (Å²) < 4.78 is 0.968. The molecule has 2 aromatic rings. The monoisotopic (exact) mass is 498 g/mol. The summed E-state index contributed by atoms with van der Waals surface area (Å²) in [4.78, 5) is 38.0. The molecule has 0 radical (unpaired) electrons. The minimum absolute atomic E-state index is 0.301. The summed E-state index contributed by atoms with van der Waals surface area (Å²) in [5, 5.41) is 2.64. The van der Waals surface area contributed by atoms with Crippen LogP contribution in [0.1, 0.15) is 5.56 Å². The lowest BCUT2D eigenvalue weighted by Gasteiger charge is -2.12. The normalized spacial score (nSPS) is 15.6. The molecule has 0 saturated carbocycles. The van der Waals surface area contributed by atoms with E-state index in [1.165, 1.54) is 0 Å². The van der Waals surface area contributed by atoms with Crippen LogP contribution in [0.2, 0.25) is 5.02 Å². The van der Waals surface area contributed by atoms with E-state index in [9.17, 15) is 14.4 Å². The zero-order valence-corrected chi connectivity index (χ0v) is 17.0. The van der Waals surface area contributed by atoms with Crippen molar-refractivity contribution in [3.63, 3.8) is 0 Å². The summed E-state index contributed by atoms with van der Waals surface area (Å²) in [6.45, 7) is -0.347. The number of nitrogens with one attached hydrogen (secondary N) is 1. The molecule has 1 heterocycles. The smallest absolute Gasteiger partial charge is 0.294 e. The van der Waals surface area contributed by atoms with Crippen LogP contribution in [0.25, 0.3) is 6.08 Å². The fraction of sp³-hybridized carbons (Fsp3) is 0.0556. The number of imide groups is 1. The van der Waals surface area contributed by atoms with E-state index in [0.29, 0.717) is 15.6 Å². The number of benzene rings is 2. The van der Waals surface area contributed by atoms with Crippen LogP contribution in [0.4, 0.5) is 10.5 Å². The highest BCUT2D eigenvalue weighted by molar-refractivity contribution is 14.1.